The van der Waals surface area contributed by atoms with Crippen molar-refractivity contribution in [1.82, 2.24) is 5.32 Å². The maximum Gasteiger partial charge on any atom is 0.220 e. The maximum atomic E-state index is 13.0. The quantitative estimate of drug-likeness (QED) is 0.814. The van der Waals surface area contributed by atoms with Crippen LogP contribution < -0.4 is 5.32 Å². The second kappa shape index (κ2) is 6.34. The molecule has 0 spiro atoms. The van der Waals surface area contributed by atoms with Crippen molar-refractivity contribution in [1.29, 1.82) is 0 Å². The van der Waals surface area contributed by atoms with Gasteiger partial charge in [-0.15, -0.1) is 0 Å². The van der Waals surface area contributed by atoms with Gasteiger partial charge in [0.2, 0.25) is 5.91 Å². The van der Waals surface area contributed by atoms with Gasteiger partial charge < -0.3 is 5.32 Å². The average molecular weight is 247 g/mol. The molecule has 1 aromatic rings. The molecule has 0 aliphatic heterocycles. The van der Waals surface area contributed by atoms with Gasteiger partial charge in [-0.3, -0.25) is 4.79 Å². The zero-order valence-electron chi connectivity index (χ0n) is 10.4. The number of hydrogen-bond donors (Lipinski definition) is 1. The van der Waals surface area contributed by atoms with E-state index < -0.39 is 0 Å². The highest BCUT2D eigenvalue weighted by Crippen LogP contribution is 2.11. The second-order valence-corrected chi connectivity index (χ2v) is 4.66. The summed E-state index contributed by atoms with van der Waals surface area (Å²) in [7, 11) is 0. The first kappa shape index (κ1) is 12.8. The van der Waals surface area contributed by atoms with E-state index in [1.807, 2.05) is 6.07 Å². The number of carbonyl (C=O) groups excluding carboxylic acids is 1. The van der Waals surface area contributed by atoms with Crippen LogP contribution in [0.15, 0.2) is 36.4 Å². The standard InChI is InChI=1S/C15H18FNO/c16-13-6-4-5-12(11-13)9-10-15(18)17-14-7-2-1-3-8-14/h2,4-7,11,14H,1,3,8-10H2,(H,17,18). The maximum absolute atomic E-state index is 13.0. The van der Waals surface area contributed by atoms with Gasteiger partial charge in [-0.05, 0) is 43.4 Å². The molecule has 1 aromatic carbocycles. The van der Waals surface area contributed by atoms with Crippen LogP contribution in [0.5, 0.6) is 0 Å². The summed E-state index contributed by atoms with van der Waals surface area (Å²) >= 11 is 0. The molecule has 2 rings (SSSR count). The van der Waals surface area contributed by atoms with Crippen LogP contribution >= 0.6 is 0 Å². The first-order chi connectivity index (χ1) is 8.74. The molecular formula is C15H18FNO. The minimum atomic E-state index is -0.247. The number of halogens is 1. The van der Waals surface area contributed by atoms with Crippen molar-refractivity contribution < 1.29 is 9.18 Å². The molecule has 18 heavy (non-hydrogen) atoms. The molecule has 1 unspecified atom stereocenters. The Morgan fingerprint density at radius 3 is 3.06 bits per heavy atom. The highest BCUT2D eigenvalue weighted by Gasteiger charge is 2.11. The Kier molecular flexibility index (Phi) is 4.51. The lowest BCUT2D eigenvalue weighted by molar-refractivity contribution is -0.121. The number of rotatable bonds is 4. The van der Waals surface area contributed by atoms with Gasteiger partial charge in [-0.1, -0.05) is 24.3 Å². The number of allylic oxidation sites excluding steroid dienone is 1. The molecule has 0 bridgehead atoms. The molecule has 0 radical (unpaired) electrons. The zero-order chi connectivity index (χ0) is 12.8. The molecule has 1 N–H and O–H groups in total. The summed E-state index contributed by atoms with van der Waals surface area (Å²) in [5, 5.41) is 2.98. The van der Waals surface area contributed by atoms with Crippen molar-refractivity contribution in [2.75, 3.05) is 0 Å². The van der Waals surface area contributed by atoms with Crippen LogP contribution in [0.2, 0.25) is 0 Å². The molecule has 1 amide bonds. The van der Waals surface area contributed by atoms with Crippen molar-refractivity contribution in [2.45, 2.75) is 38.1 Å². The minimum Gasteiger partial charge on any atom is -0.350 e. The van der Waals surface area contributed by atoms with E-state index in [-0.39, 0.29) is 17.8 Å². The van der Waals surface area contributed by atoms with Gasteiger partial charge in [0.15, 0.2) is 0 Å². The van der Waals surface area contributed by atoms with Gasteiger partial charge in [0.05, 0.1) is 0 Å². The predicted molar refractivity (Wildman–Crippen MR) is 69.6 cm³/mol. The molecule has 0 fully saturated rings. The molecular weight excluding hydrogens is 229 g/mol. The van der Waals surface area contributed by atoms with E-state index in [9.17, 15) is 9.18 Å². The van der Waals surface area contributed by atoms with Gasteiger partial charge in [0, 0.05) is 12.5 Å². The van der Waals surface area contributed by atoms with E-state index in [1.54, 1.807) is 6.07 Å². The van der Waals surface area contributed by atoms with Crippen molar-refractivity contribution in [3.63, 3.8) is 0 Å². The van der Waals surface area contributed by atoms with Gasteiger partial charge in [0.25, 0.3) is 0 Å². The summed E-state index contributed by atoms with van der Waals surface area (Å²) in [6.07, 6.45) is 8.42. The zero-order valence-corrected chi connectivity index (χ0v) is 10.4. The highest BCUT2D eigenvalue weighted by molar-refractivity contribution is 5.76. The van der Waals surface area contributed by atoms with Crippen LogP contribution in [0, 0.1) is 5.82 Å². The Labute approximate surface area is 107 Å². The van der Waals surface area contributed by atoms with E-state index in [2.05, 4.69) is 17.5 Å². The smallest absolute Gasteiger partial charge is 0.220 e. The molecule has 0 aromatic heterocycles. The molecule has 0 heterocycles. The summed E-state index contributed by atoms with van der Waals surface area (Å²) in [5.41, 5.74) is 0.865. The average Bonchev–Trinajstić information content (AvgIpc) is 2.38. The van der Waals surface area contributed by atoms with Gasteiger partial charge in [-0.25, -0.2) is 4.39 Å². The largest absolute Gasteiger partial charge is 0.350 e. The topological polar surface area (TPSA) is 29.1 Å². The Morgan fingerprint density at radius 1 is 1.44 bits per heavy atom. The number of carbonyl (C=O) groups is 1. The Hall–Kier alpha value is -1.64. The lowest BCUT2D eigenvalue weighted by Crippen LogP contribution is -2.34. The molecule has 2 nitrogen and oxygen atoms in total. The number of hydrogen-bond acceptors (Lipinski definition) is 1. The Balaban J connectivity index is 1.77. The van der Waals surface area contributed by atoms with Crippen LogP contribution in [-0.4, -0.2) is 11.9 Å². The molecule has 1 aliphatic carbocycles. The Bertz CT molecular complexity index is 442. The molecule has 1 aliphatic rings. The van der Waals surface area contributed by atoms with Crippen LogP contribution in [0.1, 0.15) is 31.2 Å². The third kappa shape index (κ3) is 3.99. The molecule has 96 valence electrons. The third-order valence-corrected chi connectivity index (χ3v) is 3.13. The lowest BCUT2D eigenvalue weighted by Gasteiger charge is -2.17. The summed E-state index contributed by atoms with van der Waals surface area (Å²) in [6, 6.07) is 6.59. The number of benzene rings is 1. The van der Waals surface area contributed by atoms with E-state index >= 15 is 0 Å². The SMILES string of the molecule is O=C(CCc1cccc(F)c1)NC1C=CCCC1. The van der Waals surface area contributed by atoms with Gasteiger partial charge in [0.1, 0.15) is 5.82 Å². The third-order valence-electron chi connectivity index (χ3n) is 3.13. The number of aryl methyl sites for hydroxylation is 1. The molecule has 1 atom stereocenters. The van der Waals surface area contributed by atoms with E-state index in [1.165, 1.54) is 12.1 Å². The molecule has 0 saturated carbocycles. The summed E-state index contributed by atoms with van der Waals surface area (Å²) in [4.78, 5) is 11.7. The normalized spacial score (nSPS) is 18.6. The van der Waals surface area contributed by atoms with Gasteiger partial charge in [-0.2, -0.15) is 0 Å². The summed E-state index contributed by atoms with van der Waals surface area (Å²) < 4.78 is 13.0. The number of amides is 1. The fourth-order valence-electron chi connectivity index (χ4n) is 2.16. The van der Waals surface area contributed by atoms with E-state index in [0.29, 0.717) is 12.8 Å². The summed E-state index contributed by atoms with van der Waals surface area (Å²) in [5.74, 6) is -0.209. The second-order valence-electron chi connectivity index (χ2n) is 4.66. The monoisotopic (exact) mass is 247 g/mol. The van der Waals surface area contributed by atoms with Crippen LogP contribution in [-0.2, 0) is 11.2 Å². The first-order valence-corrected chi connectivity index (χ1v) is 6.44. The van der Waals surface area contributed by atoms with Crippen molar-refractivity contribution >= 4 is 5.91 Å². The van der Waals surface area contributed by atoms with Crippen LogP contribution in [0.25, 0.3) is 0 Å². The van der Waals surface area contributed by atoms with E-state index in [0.717, 1.165) is 24.8 Å². The minimum absolute atomic E-state index is 0.0378. The molecule has 0 saturated heterocycles. The predicted octanol–water partition coefficient (Wildman–Crippen LogP) is 2.98. The first-order valence-electron chi connectivity index (χ1n) is 6.44. The van der Waals surface area contributed by atoms with Gasteiger partial charge >= 0.3 is 0 Å². The van der Waals surface area contributed by atoms with Crippen molar-refractivity contribution in [3.8, 4) is 0 Å². The van der Waals surface area contributed by atoms with Crippen molar-refractivity contribution in [2.24, 2.45) is 0 Å². The molecule has 3 heteroatoms. The number of nitrogens with one attached hydrogen (secondary N) is 1. The van der Waals surface area contributed by atoms with E-state index in [4.69, 9.17) is 0 Å². The summed E-state index contributed by atoms with van der Waals surface area (Å²) in [6.45, 7) is 0. The van der Waals surface area contributed by atoms with Crippen LogP contribution in [0.3, 0.4) is 0 Å². The highest BCUT2D eigenvalue weighted by atomic mass is 19.1. The van der Waals surface area contributed by atoms with Crippen LogP contribution in [0.4, 0.5) is 4.39 Å². The lowest BCUT2D eigenvalue weighted by atomic mass is 10.0. The fraction of sp³-hybridized carbons (Fsp3) is 0.400. The fourth-order valence-corrected chi connectivity index (χ4v) is 2.16. The van der Waals surface area contributed by atoms with Crippen molar-refractivity contribution in [3.05, 3.63) is 47.8 Å². The Morgan fingerprint density at radius 2 is 2.33 bits per heavy atom.